The van der Waals surface area contributed by atoms with Crippen LogP contribution in [0.1, 0.15) is 27.7 Å². The molecule has 0 radical (unpaired) electrons. The van der Waals surface area contributed by atoms with Gasteiger partial charge in [0.1, 0.15) is 0 Å². The minimum absolute atomic E-state index is 0.301. The monoisotopic (exact) mass is 296 g/mol. The molecule has 20 heavy (non-hydrogen) atoms. The molecule has 1 aromatic rings. The van der Waals surface area contributed by atoms with Gasteiger partial charge in [-0.05, 0) is 13.8 Å². The summed E-state index contributed by atoms with van der Waals surface area (Å²) < 4.78 is 0. The van der Waals surface area contributed by atoms with E-state index in [1.807, 2.05) is 11.8 Å². The molecule has 1 aliphatic rings. The predicted octanol–water partition coefficient (Wildman–Crippen LogP) is 1.63. The third-order valence-corrected chi connectivity index (χ3v) is 4.61. The molecule has 1 aromatic heterocycles. The minimum atomic E-state index is 0.301. The lowest BCUT2D eigenvalue weighted by molar-refractivity contribution is 0.700. The summed E-state index contributed by atoms with van der Waals surface area (Å²) in [6, 6.07) is 0. The Morgan fingerprint density at radius 3 is 2.30 bits per heavy atom. The standard InChI is InChI=1S/C13H24N6S/c1-5-18(6-2)12-15-11(14)16-13(17-12)19-7-9(3)20-10(4)8-19/h9-10H,5-8H2,1-4H3,(H2,14,15,16,17). The fourth-order valence-corrected chi connectivity index (χ4v) is 3.83. The van der Waals surface area contributed by atoms with E-state index in [4.69, 9.17) is 5.73 Å². The maximum absolute atomic E-state index is 5.86. The number of anilines is 3. The quantitative estimate of drug-likeness (QED) is 0.905. The molecule has 2 N–H and O–H groups in total. The number of hydrogen-bond acceptors (Lipinski definition) is 7. The first-order valence-electron chi connectivity index (χ1n) is 7.20. The first-order chi connectivity index (χ1) is 9.53. The Bertz CT molecular complexity index is 440. The Balaban J connectivity index is 2.27. The van der Waals surface area contributed by atoms with Crippen molar-refractivity contribution < 1.29 is 0 Å². The van der Waals surface area contributed by atoms with Crippen LogP contribution < -0.4 is 15.5 Å². The number of aromatic nitrogens is 3. The lowest BCUT2D eigenvalue weighted by atomic mass is 10.3. The molecular formula is C13H24N6S. The molecule has 1 saturated heterocycles. The van der Waals surface area contributed by atoms with Crippen molar-refractivity contribution in [2.24, 2.45) is 0 Å². The normalized spacial score (nSPS) is 22.9. The molecule has 0 spiro atoms. The van der Waals surface area contributed by atoms with E-state index in [-0.39, 0.29) is 0 Å². The average Bonchev–Trinajstić information content (AvgIpc) is 2.38. The second-order valence-electron chi connectivity index (χ2n) is 5.13. The largest absolute Gasteiger partial charge is 0.368 e. The van der Waals surface area contributed by atoms with Crippen molar-refractivity contribution in [1.82, 2.24) is 15.0 Å². The van der Waals surface area contributed by atoms with Crippen LogP contribution in [0.15, 0.2) is 0 Å². The van der Waals surface area contributed by atoms with Gasteiger partial charge >= 0.3 is 0 Å². The molecule has 0 bridgehead atoms. The van der Waals surface area contributed by atoms with Crippen molar-refractivity contribution in [3.8, 4) is 0 Å². The molecule has 0 aromatic carbocycles. The molecule has 6 nitrogen and oxygen atoms in total. The lowest BCUT2D eigenvalue weighted by Gasteiger charge is -2.34. The van der Waals surface area contributed by atoms with E-state index in [1.165, 1.54) is 0 Å². The highest BCUT2D eigenvalue weighted by Gasteiger charge is 2.25. The summed E-state index contributed by atoms with van der Waals surface area (Å²) in [4.78, 5) is 17.5. The minimum Gasteiger partial charge on any atom is -0.368 e. The maximum atomic E-state index is 5.86. The number of nitrogen functional groups attached to an aromatic ring is 1. The highest BCUT2D eigenvalue weighted by molar-refractivity contribution is 8.00. The van der Waals surface area contributed by atoms with Gasteiger partial charge in [-0.2, -0.15) is 26.7 Å². The molecule has 0 aliphatic carbocycles. The SMILES string of the molecule is CCN(CC)c1nc(N)nc(N2CC(C)SC(C)C2)n1. The molecule has 0 saturated carbocycles. The van der Waals surface area contributed by atoms with Gasteiger partial charge in [0, 0.05) is 36.7 Å². The van der Waals surface area contributed by atoms with Crippen molar-refractivity contribution >= 4 is 29.6 Å². The smallest absolute Gasteiger partial charge is 0.232 e. The van der Waals surface area contributed by atoms with Crippen molar-refractivity contribution in [3.05, 3.63) is 0 Å². The summed E-state index contributed by atoms with van der Waals surface area (Å²) in [5.41, 5.74) is 5.86. The molecule has 2 rings (SSSR count). The van der Waals surface area contributed by atoms with E-state index in [9.17, 15) is 0 Å². The molecule has 0 amide bonds. The lowest BCUT2D eigenvalue weighted by Crippen LogP contribution is -2.41. The highest BCUT2D eigenvalue weighted by atomic mass is 32.2. The summed E-state index contributed by atoms with van der Waals surface area (Å²) in [6.45, 7) is 12.3. The van der Waals surface area contributed by atoms with E-state index in [1.54, 1.807) is 0 Å². The van der Waals surface area contributed by atoms with Crippen molar-refractivity contribution in [2.45, 2.75) is 38.2 Å². The van der Waals surface area contributed by atoms with Gasteiger partial charge in [0.15, 0.2) is 0 Å². The van der Waals surface area contributed by atoms with Gasteiger partial charge in [-0.15, -0.1) is 0 Å². The second-order valence-corrected chi connectivity index (χ2v) is 7.01. The topological polar surface area (TPSA) is 71.2 Å². The summed E-state index contributed by atoms with van der Waals surface area (Å²) in [5.74, 6) is 1.69. The van der Waals surface area contributed by atoms with E-state index in [2.05, 4.69) is 52.4 Å². The molecule has 112 valence electrons. The Hall–Kier alpha value is -1.24. The Morgan fingerprint density at radius 1 is 1.15 bits per heavy atom. The van der Waals surface area contributed by atoms with Crippen LogP contribution in [-0.4, -0.2) is 51.6 Å². The van der Waals surface area contributed by atoms with Crippen LogP contribution in [0.3, 0.4) is 0 Å². The number of rotatable bonds is 4. The van der Waals surface area contributed by atoms with Gasteiger partial charge in [-0.1, -0.05) is 13.8 Å². The fraction of sp³-hybridized carbons (Fsp3) is 0.769. The van der Waals surface area contributed by atoms with Gasteiger partial charge < -0.3 is 15.5 Å². The Labute approximate surface area is 125 Å². The molecule has 2 unspecified atom stereocenters. The fourth-order valence-electron chi connectivity index (χ4n) is 2.50. The Kier molecular flexibility index (Phi) is 4.91. The van der Waals surface area contributed by atoms with Gasteiger partial charge in [-0.25, -0.2) is 0 Å². The number of hydrogen-bond donors (Lipinski definition) is 1. The van der Waals surface area contributed by atoms with Gasteiger partial charge in [-0.3, -0.25) is 0 Å². The van der Waals surface area contributed by atoms with Crippen LogP contribution in [0.4, 0.5) is 17.8 Å². The summed E-state index contributed by atoms with van der Waals surface area (Å²) >= 11 is 2.01. The zero-order valence-corrected chi connectivity index (χ0v) is 13.5. The van der Waals surface area contributed by atoms with Crippen molar-refractivity contribution in [2.75, 3.05) is 41.7 Å². The second kappa shape index (κ2) is 6.47. The van der Waals surface area contributed by atoms with Crippen LogP contribution in [0, 0.1) is 0 Å². The first-order valence-corrected chi connectivity index (χ1v) is 8.14. The Morgan fingerprint density at radius 2 is 1.75 bits per heavy atom. The van der Waals surface area contributed by atoms with Crippen LogP contribution in [0.2, 0.25) is 0 Å². The number of nitrogens with zero attached hydrogens (tertiary/aromatic N) is 5. The number of nitrogens with two attached hydrogens (primary N) is 1. The zero-order valence-electron chi connectivity index (χ0n) is 12.7. The van der Waals surface area contributed by atoms with E-state index in [0.717, 1.165) is 26.2 Å². The van der Waals surface area contributed by atoms with Crippen molar-refractivity contribution in [3.63, 3.8) is 0 Å². The van der Waals surface area contributed by atoms with Crippen LogP contribution in [0.25, 0.3) is 0 Å². The molecule has 2 heterocycles. The van der Waals surface area contributed by atoms with E-state index >= 15 is 0 Å². The van der Waals surface area contributed by atoms with Gasteiger partial charge in [0.05, 0.1) is 0 Å². The maximum Gasteiger partial charge on any atom is 0.232 e. The predicted molar refractivity (Wildman–Crippen MR) is 86.5 cm³/mol. The van der Waals surface area contributed by atoms with E-state index in [0.29, 0.717) is 28.3 Å². The van der Waals surface area contributed by atoms with Gasteiger partial charge in [0.2, 0.25) is 17.8 Å². The van der Waals surface area contributed by atoms with E-state index < -0.39 is 0 Å². The number of thioether (sulfide) groups is 1. The van der Waals surface area contributed by atoms with Crippen LogP contribution in [0.5, 0.6) is 0 Å². The van der Waals surface area contributed by atoms with Gasteiger partial charge in [0.25, 0.3) is 0 Å². The van der Waals surface area contributed by atoms with Crippen LogP contribution >= 0.6 is 11.8 Å². The molecule has 7 heteroatoms. The third kappa shape index (κ3) is 3.45. The van der Waals surface area contributed by atoms with Crippen molar-refractivity contribution in [1.29, 1.82) is 0 Å². The summed E-state index contributed by atoms with van der Waals surface area (Å²) in [6.07, 6.45) is 0. The average molecular weight is 296 g/mol. The molecular weight excluding hydrogens is 272 g/mol. The first kappa shape index (κ1) is 15.2. The molecule has 1 fully saturated rings. The molecule has 2 atom stereocenters. The van der Waals surface area contributed by atoms with Crippen LogP contribution in [-0.2, 0) is 0 Å². The highest BCUT2D eigenvalue weighted by Crippen LogP contribution is 2.27. The summed E-state index contributed by atoms with van der Waals surface area (Å²) in [5, 5.41) is 1.15. The third-order valence-electron chi connectivity index (χ3n) is 3.38. The zero-order chi connectivity index (χ0) is 14.7. The summed E-state index contributed by atoms with van der Waals surface area (Å²) in [7, 11) is 0. The molecule has 1 aliphatic heterocycles.